The van der Waals surface area contributed by atoms with E-state index < -0.39 is 28.4 Å². The highest BCUT2D eigenvalue weighted by atomic mass is 16.5. The summed E-state index contributed by atoms with van der Waals surface area (Å²) in [6, 6.07) is 12.4. The van der Waals surface area contributed by atoms with Crippen molar-refractivity contribution in [3.8, 4) is 24.0 Å². The SMILES string of the molecule is COc1ccc([C@H]2C[C@@]3(O)C[C@@](C#N)(C(=O)N3)C2(C#N)C#N)cc1. The highest BCUT2D eigenvalue weighted by molar-refractivity contribution is 5.91. The van der Waals surface area contributed by atoms with Crippen LogP contribution in [0.2, 0.25) is 0 Å². The molecule has 3 rings (SSSR count). The number of nitrogens with zero attached hydrogens (tertiary/aromatic N) is 3. The first-order valence-corrected chi connectivity index (χ1v) is 7.33. The Bertz CT molecular complexity index is 815. The summed E-state index contributed by atoms with van der Waals surface area (Å²) in [6.07, 6.45) is -0.293. The molecule has 1 aliphatic heterocycles. The number of hydrogen-bond donors (Lipinski definition) is 2. The van der Waals surface area contributed by atoms with E-state index >= 15 is 0 Å². The molecule has 1 saturated carbocycles. The number of rotatable bonds is 2. The lowest BCUT2D eigenvalue weighted by Crippen LogP contribution is -2.52. The first-order chi connectivity index (χ1) is 11.4. The van der Waals surface area contributed by atoms with Gasteiger partial charge in [0.1, 0.15) is 11.5 Å². The van der Waals surface area contributed by atoms with Gasteiger partial charge in [-0.15, -0.1) is 0 Å². The lowest BCUT2D eigenvalue weighted by atomic mass is 9.51. The van der Waals surface area contributed by atoms with Crippen LogP contribution in [0.4, 0.5) is 0 Å². The van der Waals surface area contributed by atoms with Crippen LogP contribution in [-0.2, 0) is 4.79 Å². The highest BCUT2D eigenvalue weighted by Gasteiger charge is 2.73. The van der Waals surface area contributed by atoms with Gasteiger partial charge in [-0.2, -0.15) is 15.8 Å². The maximum absolute atomic E-state index is 12.4. The summed E-state index contributed by atoms with van der Waals surface area (Å²) in [4.78, 5) is 12.4. The molecule has 1 aromatic carbocycles. The van der Waals surface area contributed by atoms with Gasteiger partial charge in [0.25, 0.3) is 0 Å². The number of methoxy groups -OCH3 is 1. The van der Waals surface area contributed by atoms with Gasteiger partial charge in [0, 0.05) is 18.8 Å². The smallest absolute Gasteiger partial charge is 0.245 e. The molecule has 24 heavy (non-hydrogen) atoms. The summed E-state index contributed by atoms with van der Waals surface area (Å²) < 4.78 is 5.10. The van der Waals surface area contributed by atoms with Gasteiger partial charge in [0.15, 0.2) is 10.8 Å². The molecule has 0 aromatic heterocycles. The zero-order valence-corrected chi connectivity index (χ0v) is 12.9. The van der Waals surface area contributed by atoms with Gasteiger partial charge < -0.3 is 15.2 Å². The second-order valence-corrected chi connectivity index (χ2v) is 6.24. The van der Waals surface area contributed by atoms with Crippen LogP contribution >= 0.6 is 0 Å². The fourth-order valence-electron chi connectivity index (χ4n) is 3.87. The van der Waals surface area contributed by atoms with Crippen LogP contribution < -0.4 is 10.1 Å². The molecule has 120 valence electrons. The molecule has 1 aliphatic carbocycles. The Morgan fingerprint density at radius 1 is 1.21 bits per heavy atom. The van der Waals surface area contributed by atoms with Gasteiger partial charge in [-0.25, -0.2) is 0 Å². The van der Waals surface area contributed by atoms with Crippen molar-refractivity contribution >= 4 is 5.91 Å². The average Bonchev–Trinajstić information content (AvgIpc) is 2.83. The van der Waals surface area contributed by atoms with Crippen molar-refractivity contribution in [2.75, 3.05) is 7.11 Å². The number of benzene rings is 1. The van der Waals surface area contributed by atoms with Crippen molar-refractivity contribution < 1.29 is 14.6 Å². The van der Waals surface area contributed by atoms with Crippen LogP contribution in [-0.4, -0.2) is 23.8 Å². The molecule has 0 radical (unpaired) electrons. The topological polar surface area (TPSA) is 130 Å². The van der Waals surface area contributed by atoms with E-state index in [0.29, 0.717) is 11.3 Å². The maximum Gasteiger partial charge on any atom is 0.245 e. The third-order valence-corrected chi connectivity index (χ3v) is 5.09. The fraction of sp³-hybridized carbons (Fsp3) is 0.412. The van der Waals surface area contributed by atoms with Crippen molar-refractivity contribution in [1.29, 1.82) is 15.8 Å². The monoisotopic (exact) mass is 322 g/mol. The molecule has 3 atom stereocenters. The van der Waals surface area contributed by atoms with E-state index in [1.165, 1.54) is 7.11 Å². The minimum atomic E-state index is -1.91. The molecule has 2 fully saturated rings. The van der Waals surface area contributed by atoms with Gasteiger partial charge in [0.05, 0.1) is 25.3 Å². The molecule has 7 nitrogen and oxygen atoms in total. The number of fused-ring (bicyclic) bond motifs is 2. The Morgan fingerprint density at radius 2 is 1.83 bits per heavy atom. The molecule has 1 aromatic rings. The Hall–Kier alpha value is -3.08. The Kier molecular flexibility index (Phi) is 3.27. The number of nitrogens with one attached hydrogen (secondary N) is 1. The molecule has 0 unspecified atom stereocenters. The van der Waals surface area contributed by atoms with Gasteiger partial charge >= 0.3 is 0 Å². The molecule has 1 amide bonds. The minimum Gasteiger partial charge on any atom is -0.497 e. The number of nitriles is 3. The Labute approximate surface area is 138 Å². The summed E-state index contributed by atoms with van der Waals surface area (Å²) in [7, 11) is 1.51. The molecule has 1 saturated heterocycles. The molecule has 0 spiro atoms. The molecule has 2 bridgehead atoms. The van der Waals surface area contributed by atoms with Gasteiger partial charge in [-0.3, -0.25) is 4.79 Å². The quantitative estimate of drug-likeness (QED) is 0.833. The summed E-state index contributed by atoms with van der Waals surface area (Å²) in [6.45, 7) is 0. The Balaban J connectivity index is 2.22. The predicted molar refractivity (Wildman–Crippen MR) is 79.8 cm³/mol. The number of carbonyl (C=O) groups is 1. The van der Waals surface area contributed by atoms with Crippen LogP contribution in [0, 0.1) is 44.8 Å². The molecule has 2 N–H and O–H groups in total. The largest absolute Gasteiger partial charge is 0.497 e. The lowest BCUT2D eigenvalue weighted by Gasteiger charge is -2.43. The van der Waals surface area contributed by atoms with E-state index in [-0.39, 0.29) is 12.8 Å². The molecular formula is C17H14N4O3. The summed E-state index contributed by atoms with van der Waals surface area (Å²) in [5, 5.41) is 42.2. The van der Waals surface area contributed by atoms with Gasteiger partial charge in [-0.05, 0) is 17.7 Å². The van der Waals surface area contributed by atoms with Crippen LogP contribution in [0.1, 0.15) is 24.3 Å². The molecular weight excluding hydrogens is 308 g/mol. The minimum absolute atomic E-state index is 0.0182. The summed E-state index contributed by atoms with van der Waals surface area (Å²) in [5.74, 6) is -0.970. The van der Waals surface area contributed by atoms with Crippen molar-refractivity contribution in [2.24, 2.45) is 10.8 Å². The van der Waals surface area contributed by atoms with Crippen molar-refractivity contribution in [3.05, 3.63) is 29.8 Å². The van der Waals surface area contributed by atoms with Gasteiger partial charge in [-0.1, -0.05) is 12.1 Å². The maximum atomic E-state index is 12.4. The van der Waals surface area contributed by atoms with E-state index in [4.69, 9.17) is 4.74 Å². The molecule has 7 heteroatoms. The lowest BCUT2D eigenvalue weighted by molar-refractivity contribution is -0.128. The van der Waals surface area contributed by atoms with Crippen LogP contribution in [0.5, 0.6) is 5.75 Å². The average molecular weight is 322 g/mol. The van der Waals surface area contributed by atoms with E-state index in [2.05, 4.69) is 5.32 Å². The predicted octanol–water partition coefficient (Wildman–Crippen LogP) is 0.935. The van der Waals surface area contributed by atoms with Crippen molar-refractivity contribution in [2.45, 2.75) is 24.5 Å². The third kappa shape index (κ3) is 1.75. The van der Waals surface area contributed by atoms with Crippen LogP contribution in [0.15, 0.2) is 24.3 Å². The number of aliphatic hydroxyl groups is 1. The third-order valence-electron chi connectivity index (χ3n) is 5.09. The standard InChI is InChI=1S/C17H14N4O3/c1-24-12-4-2-11(3-5-12)13-6-17(23)7-15(8-18,14(22)21-17)16(13,9-19)10-20/h2-5,13,23H,6-7H2,1H3,(H,21,22)/t13-,15-,17-/m1/s1. The van der Waals surface area contributed by atoms with E-state index in [0.717, 1.165) is 0 Å². The first kappa shape index (κ1) is 15.8. The molecule has 2 aliphatic rings. The second-order valence-electron chi connectivity index (χ2n) is 6.24. The first-order valence-electron chi connectivity index (χ1n) is 7.33. The van der Waals surface area contributed by atoms with Crippen LogP contribution in [0.25, 0.3) is 0 Å². The number of ether oxygens (including phenoxy) is 1. The second kappa shape index (κ2) is 4.96. The number of amides is 1. The molecule has 1 heterocycles. The zero-order valence-electron chi connectivity index (χ0n) is 12.9. The van der Waals surface area contributed by atoms with Gasteiger partial charge in [0.2, 0.25) is 5.91 Å². The zero-order chi connectivity index (χ0) is 17.6. The van der Waals surface area contributed by atoms with Crippen molar-refractivity contribution in [1.82, 2.24) is 5.32 Å². The van der Waals surface area contributed by atoms with Crippen LogP contribution in [0.3, 0.4) is 0 Å². The Morgan fingerprint density at radius 3 is 2.33 bits per heavy atom. The summed E-state index contributed by atoms with van der Waals surface area (Å²) >= 11 is 0. The fourth-order valence-corrected chi connectivity index (χ4v) is 3.87. The highest BCUT2D eigenvalue weighted by Crippen LogP contribution is 2.62. The number of carbonyl (C=O) groups excluding carboxylic acids is 1. The van der Waals surface area contributed by atoms with E-state index in [1.807, 2.05) is 18.2 Å². The van der Waals surface area contributed by atoms with E-state index in [1.54, 1.807) is 24.3 Å². The van der Waals surface area contributed by atoms with E-state index in [9.17, 15) is 25.7 Å². The van der Waals surface area contributed by atoms with Crippen molar-refractivity contribution in [3.63, 3.8) is 0 Å². The normalized spacial score (nSPS) is 32.8. The summed E-state index contributed by atoms with van der Waals surface area (Å²) in [5.41, 5.74) is -4.81. The number of hydrogen-bond acceptors (Lipinski definition) is 6.